The van der Waals surface area contributed by atoms with E-state index in [9.17, 15) is 0 Å². The Kier molecular flexibility index (Phi) is 4.74. The topological polar surface area (TPSA) is 21.3 Å². The van der Waals surface area contributed by atoms with Gasteiger partial charge in [0.05, 0.1) is 23.5 Å². The number of ether oxygens (including phenoxy) is 1. The lowest BCUT2D eigenvalue weighted by Crippen LogP contribution is -2.30. The Morgan fingerprint density at radius 2 is 2.29 bits per heavy atom. The third-order valence-corrected chi connectivity index (χ3v) is 4.51. The van der Waals surface area contributed by atoms with Crippen LogP contribution < -0.4 is 5.32 Å². The molecule has 1 aliphatic rings. The van der Waals surface area contributed by atoms with Crippen molar-refractivity contribution in [3.8, 4) is 0 Å². The molecule has 1 aromatic rings. The van der Waals surface area contributed by atoms with Gasteiger partial charge in [0.2, 0.25) is 0 Å². The molecule has 2 rings (SSSR count). The Balaban J connectivity index is 2.04. The number of hydrogen-bond acceptors (Lipinski definition) is 3. The van der Waals surface area contributed by atoms with Crippen LogP contribution in [0.25, 0.3) is 0 Å². The van der Waals surface area contributed by atoms with Crippen molar-refractivity contribution in [3.05, 3.63) is 28.8 Å². The summed E-state index contributed by atoms with van der Waals surface area (Å²) in [6, 6.07) is 6.69. The van der Waals surface area contributed by atoms with E-state index in [1.165, 1.54) is 5.56 Å². The van der Waals surface area contributed by atoms with E-state index in [1.807, 2.05) is 11.8 Å². The molecule has 1 heterocycles. The zero-order valence-corrected chi connectivity index (χ0v) is 11.8. The summed E-state index contributed by atoms with van der Waals surface area (Å²) in [6.45, 7) is 6.92. The highest BCUT2D eigenvalue weighted by Gasteiger charge is 2.20. The summed E-state index contributed by atoms with van der Waals surface area (Å²) in [5.41, 5.74) is 1.24. The van der Waals surface area contributed by atoms with E-state index in [1.54, 1.807) is 0 Å². The second-order valence-electron chi connectivity index (χ2n) is 4.25. The number of rotatable bonds is 5. The molecule has 1 saturated heterocycles. The first kappa shape index (κ1) is 13.2. The maximum Gasteiger partial charge on any atom is 0.0611 e. The zero-order valence-electron chi connectivity index (χ0n) is 10.2. The van der Waals surface area contributed by atoms with Gasteiger partial charge < -0.3 is 10.1 Å². The second kappa shape index (κ2) is 6.10. The van der Waals surface area contributed by atoms with Crippen molar-refractivity contribution >= 4 is 23.4 Å². The smallest absolute Gasteiger partial charge is 0.0611 e. The van der Waals surface area contributed by atoms with Crippen molar-refractivity contribution in [2.45, 2.75) is 30.0 Å². The van der Waals surface area contributed by atoms with Crippen LogP contribution in [0.5, 0.6) is 0 Å². The van der Waals surface area contributed by atoms with Gasteiger partial charge in [0, 0.05) is 10.9 Å². The van der Waals surface area contributed by atoms with Gasteiger partial charge in [0.15, 0.2) is 0 Å². The molecule has 0 aromatic heterocycles. The average molecular weight is 272 g/mol. The SMILES string of the molecule is CCNC(C)c1ccc(SC2COC2)c(Cl)c1. The lowest BCUT2D eigenvalue weighted by Gasteiger charge is -2.25. The summed E-state index contributed by atoms with van der Waals surface area (Å²) < 4.78 is 5.17. The maximum atomic E-state index is 6.31. The lowest BCUT2D eigenvalue weighted by atomic mass is 10.1. The molecule has 0 spiro atoms. The Morgan fingerprint density at radius 3 is 2.82 bits per heavy atom. The van der Waals surface area contributed by atoms with Crippen LogP contribution in [0.3, 0.4) is 0 Å². The van der Waals surface area contributed by atoms with Gasteiger partial charge >= 0.3 is 0 Å². The molecular formula is C13H18ClNOS. The van der Waals surface area contributed by atoms with Gasteiger partial charge in [0.25, 0.3) is 0 Å². The molecule has 0 bridgehead atoms. The summed E-state index contributed by atoms with van der Waals surface area (Å²) in [4.78, 5) is 1.16. The van der Waals surface area contributed by atoms with Crippen molar-refractivity contribution in [1.82, 2.24) is 5.32 Å². The van der Waals surface area contributed by atoms with Crippen LogP contribution in [0.1, 0.15) is 25.5 Å². The molecule has 1 fully saturated rings. The predicted molar refractivity (Wildman–Crippen MR) is 74.0 cm³/mol. The fourth-order valence-corrected chi connectivity index (χ4v) is 3.10. The summed E-state index contributed by atoms with van der Waals surface area (Å²) in [7, 11) is 0. The van der Waals surface area contributed by atoms with Crippen molar-refractivity contribution in [3.63, 3.8) is 0 Å². The number of thioether (sulfide) groups is 1. The third-order valence-electron chi connectivity index (χ3n) is 2.87. The van der Waals surface area contributed by atoms with Gasteiger partial charge in [-0.15, -0.1) is 11.8 Å². The van der Waals surface area contributed by atoms with Gasteiger partial charge in [-0.05, 0) is 31.2 Å². The molecule has 1 unspecified atom stereocenters. The fraction of sp³-hybridized carbons (Fsp3) is 0.538. The molecule has 1 aromatic carbocycles. The van der Waals surface area contributed by atoms with Crippen molar-refractivity contribution in [2.75, 3.05) is 19.8 Å². The van der Waals surface area contributed by atoms with E-state index in [0.717, 1.165) is 29.7 Å². The van der Waals surface area contributed by atoms with Crippen molar-refractivity contribution in [2.24, 2.45) is 0 Å². The summed E-state index contributed by atoms with van der Waals surface area (Å²) in [6.07, 6.45) is 0. The van der Waals surface area contributed by atoms with E-state index in [0.29, 0.717) is 11.3 Å². The Morgan fingerprint density at radius 1 is 1.53 bits per heavy atom. The molecule has 0 amide bonds. The quantitative estimate of drug-likeness (QED) is 0.886. The molecular weight excluding hydrogens is 254 g/mol. The van der Waals surface area contributed by atoms with Crippen LogP contribution in [0.4, 0.5) is 0 Å². The highest BCUT2D eigenvalue weighted by Crippen LogP contribution is 2.34. The van der Waals surface area contributed by atoms with Gasteiger partial charge in [-0.1, -0.05) is 24.6 Å². The minimum absolute atomic E-state index is 0.351. The zero-order chi connectivity index (χ0) is 12.3. The molecule has 1 atom stereocenters. The average Bonchev–Trinajstić information content (AvgIpc) is 2.25. The first-order chi connectivity index (χ1) is 8.20. The number of nitrogens with one attached hydrogen (secondary N) is 1. The molecule has 0 radical (unpaired) electrons. The molecule has 94 valence electrons. The van der Waals surface area contributed by atoms with E-state index in [2.05, 4.69) is 37.4 Å². The van der Waals surface area contributed by atoms with Gasteiger partial charge in [-0.25, -0.2) is 0 Å². The predicted octanol–water partition coefficient (Wildman–Crippen LogP) is 3.50. The largest absolute Gasteiger partial charge is 0.379 e. The minimum atomic E-state index is 0.351. The molecule has 1 aliphatic heterocycles. The fourth-order valence-electron chi connectivity index (χ4n) is 1.77. The monoisotopic (exact) mass is 271 g/mol. The molecule has 1 N–H and O–H groups in total. The van der Waals surface area contributed by atoms with Crippen LogP contribution in [0.15, 0.2) is 23.1 Å². The summed E-state index contributed by atoms with van der Waals surface area (Å²) in [5.74, 6) is 0. The number of benzene rings is 1. The first-order valence-electron chi connectivity index (χ1n) is 5.98. The third kappa shape index (κ3) is 3.38. The molecule has 2 nitrogen and oxygen atoms in total. The van der Waals surface area contributed by atoms with E-state index >= 15 is 0 Å². The van der Waals surface area contributed by atoms with Crippen LogP contribution in [-0.2, 0) is 4.74 Å². The first-order valence-corrected chi connectivity index (χ1v) is 7.23. The lowest BCUT2D eigenvalue weighted by molar-refractivity contribution is 0.0455. The summed E-state index contributed by atoms with van der Waals surface area (Å²) in [5, 5.41) is 4.81. The second-order valence-corrected chi connectivity index (χ2v) is 6.00. The molecule has 0 saturated carbocycles. The Hall–Kier alpha value is -0.220. The van der Waals surface area contributed by atoms with E-state index < -0.39 is 0 Å². The number of hydrogen-bond donors (Lipinski definition) is 1. The standard InChI is InChI=1S/C13H18ClNOS/c1-3-15-9(2)10-4-5-13(12(14)6-10)17-11-7-16-8-11/h4-6,9,11,15H,3,7-8H2,1-2H3. The van der Waals surface area contributed by atoms with Gasteiger partial charge in [-0.3, -0.25) is 0 Å². The highest BCUT2D eigenvalue weighted by atomic mass is 35.5. The van der Waals surface area contributed by atoms with E-state index in [-0.39, 0.29) is 0 Å². The van der Waals surface area contributed by atoms with Crippen molar-refractivity contribution in [1.29, 1.82) is 0 Å². The van der Waals surface area contributed by atoms with Crippen LogP contribution in [0, 0.1) is 0 Å². The van der Waals surface area contributed by atoms with Crippen LogP contribution in [-0.4, -0.2) is 25.0 Å². The normalized spacial score (nSPS) is 17.8. The molecule has 4 heteroatoms. The Bertz CT molecular complexity index is 382. The van der Waals surface area contributed by atoms with Crippen LogP contribution >= 0.6 is 23.4 Å². The highest BCUT2D eigenvalue weighted by molar-refractivity contribution is 8.00. The molecule has 0 aliphatic carbocycles. The molecule has 17 heavy (non-hydrogen) atoms. The van der Waals surface area contributed by atoms with Gasteiger partial charge in [0.1, 0.15) is 0 Å². The number of halogens is 1. The van der Waals surface area contributed by atoms with Crippen molar-refractivity contribution < 1.29 is 4.74 Å². The minimum Gasteiger partial charge on any atom is -0.379 e. The van der Waals surface area contributed by atoms with E-state index in [4.69, 9.17) is 16.3 Å². The van der Waals surface area contributed by atoms with Crippen LogP contribution in [0.2, 0.25) is 5.02 Å². The van der Waals surface area contributed by atoms with Gasteiger partial charge in [-0.2, -0.15) is 0 Å². The summed E-state index contributed by atoms with van der Waals surface area (Å²) >= 11 is 8.12. The maximum absolute atomic E-state index is 6.31. The Labute approximate surface area is 112 Å².